The zero-order valence-electron chi connectivity index (χ0n) is 13.0. The lowest BCUT2D eigenvalue weighted by Crippen LogP contribution is -2.41. The summed E-state index contributed by atoms with van der Waals surface area (Å²) in [6.45, 7) is 6.16. The summed E-state index contributed by atoms with van der Waals surface area (Å²) in [5.41, 5.74) is 0. The molecule has 0 N–H and O–H groups in total. The maximum absolute atomic E-state index is 12.0. The molecule has 1 saturated carbocycles. The Hall–Kier alpha value is -1.52. The van der Waals surface area contributed by atoms with Crippen LogP contribution in [0.2, 0.25) is 0 Å². The van der Waals surface area contributed by atoms with Crippen LogP contribution in [0.5, 0.6) is 0 Å². The highest BCUT2D eigenvalue weighted by molar-refractivity contribution is 6.21. The number of hydrogen-bond donors (Lipinski definition) is 0. The average Bonchev–Trinajstić information content (AvgIpc) is 2.37. The first kappa shape index (κ1) is 17.5. The van der Waals surface area contributed by atoms with Gasteiger partial charge in [0.25, 0.3) is 0 Å². The Morgan fingerprint density at radius 3 is 2.24 bits per heavy atom. The van der Waals surface area contributed by atoms with Crippen molar-refractivity contribution in [3.63, 3.8) is 0 Å². The lowest BCUT2D eigenvalue weighted by molar-refractivity contribution is -0.156. The van der Waals surface area contributed by atoms with Gasteiger partial charge in [-0.1, -0.05) is 20.8 Å². The van der Waals surface area contributed by atoms with Crippen LogP contribution in [-0.4, -0.2) is 29.9 Å². The summed E-state index contributed by atoms with van der Waals surface area (Å²) in [5.74, 6) is -3.14. The fourth-order valence-electron chi connectivity index (χ4n) is 2.40. The molecule has 0 atom stereocenters. The number of hydrogen-bond acceptors (Lipinski definition) is 5. The number of esters is 1. The van der Waals surface area contributed by atoms with Crippen molar-refractivity contribution in [1.29, 1.82) is 0 Å². The molecule has 0 aromatic heterocycles. The second kappa shape index (κ2) is 8.05. The van der Waals surface area contributed by atoms with Crippen molar-refractivity contribution in [3.05, 3.63) is 0 Å². The summed E-state index contributed by atoms with van der Waals surface area (Å²) in [6, 6.07) is 0. The molecule has 118 valence electrons. The zero-order chi connectivity index (χ0) is 16.0. The smallest absolute Gasteiger partial charge is 0.309 e. The van der Waals surface area contributed by atoms with E-state index in [1.807, 2.05) is 20.8 Å². The number of carbonyl (C=O) groups excluding carboxylic acids is 4. The minimum absolute atomic E-state index is 0.0631. The van der Waals surface area contributed by atoms with E-state index in [2.05, 4.69) is 0 Å². The molecular weight excluding hydrogens is 272 g/mol. The quantitative estimate of drug-likeness (QED) is 0.531. The van der Waals surface area contributed by atoms with Gasteiger partial charge in [-0.2, -0.15) is 0 Å². The molecule has 5 nitrogen and oxygen atoms in total. The molecular formula is C16H24O5. The Labute approximate surface area is 125 Å². The fourth-order valence-corrected chi connectivity index (χ4v) is 2.40. The molecule has 0 aromatic carbocycles. The van der Waals surface area contributed by atoms with Gasteiger partial charge in [-0.05, 0) is 18.8 Å². The van der Waals surface area contributed by atoms with Crippen LogP contribution in [0.3, 0.4) is 0 Å². The normalized spacial score (nSPS) is 22.5. The molecule has 5 heteroatoms. The Kier molecular flexibility index (Phi) is 6.72. The highest BCUT2D eigenvalue weighted by Crippen LogP contribution is 2.26. The molecule has 21 heavy (non-hydrogen) atoms. The molecule has 0 aliphatic heterocycles. The van der Waals surface area contributed by atoms with E-state index in [4.69, 9.17) is 4.74 Å². The van der Waals surface area contributed by atoms with Gasteiger partial charge in [0.2, 0.25) is 0 Å². The van der Waals surface area contributed by atoms with E-state index < -0.39 is 29.4 Å². The largest absolute Gasteiger partial charge is 0.465 e. The van der Waals surface area contributed by atoms with E-state index in [-0.39, 0.29) is 25.0 Å². The monoisotopic (exact) mass is 296 g/mol. The minimum atomic E-state index is -1.15. The number of ketones is 3. The Bertz CT molecular complexity index is 406. The highest BCUT2D eigenvalue weighted by Gasteiger charge is 2.42. The van der Waals surface area contributed by atoms with Gasteiger partial charge in [-0.3, -0.25) is 19.2 Å². The summed E-state index contributed by atoms with van der Waals surface area (Å²) >= 11 is 0. The molecule has 1 aliphatic carbocycles. The number of Topliss-reactive ketones (excluding diaryl/α,β-unsaturated/α-hetero) is 3. The van der Waals surface area contributed by atoms with Gasteiger partial charge < -0.3 is 4.74 Å². The third-order valence-corrected chi connectivity index (χ3v) is 3.63. The van der Waals surface area contributed by atoms with E-state index in [9.17, 15) is 19.2 Å². The second-order valence-corrected chi connectivity index (χ2v) is 6.04. The van der Waals surface area contributed by atoms with Crippen molar-refractivity contribution < 1.29 is 23.9 Å². The first-order valence-corrected chi connectivity index (χ1v) is 7.61. The number of carbonyl (C=O) groups is 4. The van der Waals surface area contributed by atoms with Crippen molar-refractivity contribution in [2.24, 2.45) is 17.8 Å². The SMILES string of the molecule is CCCC(=O)C1C(=O)CC(C(=O)OCCC(C)C)CC1=O. The van der Waals surface area contributed by atoms with E-state index >= 15 is 0 Å². The first-order chi connectivity index (χ1) is 9.86. The molecule has 0 saturated heterocycles. The third kappa shape index (κ3) is 5.06. The van der Waals surface area contributed by atoms with Gasteiger partial charge in [0.05, 0.1) is 12.5 Å². The third-order valence-electron chi connectivity index (χ3n) is 3.63. The number of ether oxygens (including phenoxy) is 1. The standard InChI is InChI=1S/C16H24O5/c1-4-5-12(17)15-13(18)8-11(9-14(15)19)16(20)21-7-6-10(2)3/h10-11,15H,4-9H2,1-3H3. The summed E-state index contributed by atoms with van der Waals surface area (Å²) in [4.78, 5) is 47.6. The highest BCUT2D eigenvalue weighted by atomic mass is 16.5. The molecule has 1 aliphatic rings. The van der Waals surface area contributed by atoms with Crippen LogP contribution in [0.15, 0.2) is 0 Å². The molecule has 0 heterocycles. The first-order valence-electron chi connectivity index (χ1n) is 7.61. The maximum atomic E-state index is 12.0. The minimum Gasteiger partial charge on any atom is -0.465 e. The molecule has 0 bridgehead atoms. The van der Waals surface area contributed by atoms with Gasteiger partial charge in [-0.25, -0.2) is 0 Å². The summed E-state index contributed by atoms with van der Waals surface area (Å²) in [7, 11) is 0. The lowest BCUT2D eigenvalue weighted by Gasteiger charge is -2.24. The van der Waals surface area contributed by atoms with Crippen LogP contribution >= 0.6 is 0 Å². The Morgan fingerprint density at radius 2 is 1.76 bits per heavy atom. The molecule has 1 rings (SSSR count). The molecule has 0 radical (unpaired) electrons. The zero-order valence-corrected chi connectivity index (χ0v) is 13.0. The van der Waals surface area contributed by atoms with Crippen LogP contribution < -0.4 is 0 Å². The fraction of sp³-hybridized carbons (Fsp3) is 0.750. The predicted octanol–water partition coefficient (Wildman–Crippen LogP) is 2.11. The van der Waals surface area contributed by atoms with E-state index in [0.717, 1.165) is 6.42 Å². The van der Waals surface area contributed by atoms with E-state index in [1.54, 1.807) is 0 Å². The maximum Gasteiger partial charge on any atom is 0.309 e. The van der Waals surface area contributed by atoms with Crippen molar-refractivity contribution in [2.75, 3.05) is 6.61 Å². The lowest BCUT2D eigenvalue weighted by atomic mass is 9.77. The van der Waals surface area contributed by atoms with Crippen molar-refractivity contribution in [3.8, 4) is 0 Å². The topological polar surface area (TPSA) is 77.5 Å². The van der Waals surface area contributed by atoms with Crippen LogP contribution in [-0.2, 0) is 23.9 Å². The second-order valence-electron chi connectivity index (χ2n) is 6.04. The average molecular weight is 296 g/mol. The molecule has 0 aromatic rings. The Balaban J connectivity index is 2.56. The van der Waals surface area contributed by atoms with Crippen molar-refractivity contribution >= 4 is 23.3 Å². The van der Waals surface area contributed by atoms with Crippen molar-refractivity contribution in [2.45, 2.75) is 52.9 Å². The summed E-state index contributed by atoms with van der Waals surface area (Å²) < 4.78 is 5.10. The van der Waals surface area contributed by atoms with Gasteiger partial charge in [0.15, 0.2) is 17.3 Å². The predicted molar refractivity (Wildman–Crippen MR) is 76.6 cm³/mol. The summed E-state index contributed by atoms with van der Waals surface area (Å²) in [5, 5.41) is 0. The van der Waals surface area contributed by atoms with Crippen LogP contribution in [0.1, 0.15) is 52.9 Å². The molecule has 0 amide bonds. The van der Waals surface area contributed by atoms with Crippen LogP contribution in [0.4, 0.5) is 0 Å². The number of rotatable bonds is 7. The van der Waals surface area contributed by atoms with E-state index in [1.165, 1.54) is 0 Å². The van der Waals surface area contributed by atoms with Crippen molar-refractivity contribution in [1.82, 2.24) is 0 Å². The summed E-state index contributed by atoms with van der Waals surface area (Å²) in [6.07, 6.45) is 1.46. The molecule has 0 unspecified atom stereocenters. The van der Waals surface area contributed by atoms with Gasteiger partial charge >= 0.3 is 5.97 Å². The Morgan fingerprint density at radius 1 is 1.19 bits per heavy atom. The van der Waals surface area contributed by atoms with Gasteiger partial charge in [0, 0.05) is 19.3 Å². The molecule has 0 spiro atoms. The molecule has 1 fully saturated rings. The van der Waals surface area contributed by atoms with E-state index in [0.29, 0.717) is 18.9 Å². The van der Waals surface area contributed by atoms with Crippen LogP contribution in [0.25, 0.3) is 0 Å². The van der Waals surface area contributed by atoms with Gasteiger partial charge in [0.1, 0.15) is 5.92 Å². The van der Waals surface area contributed by atoms with Gasteiger partial charge in [-0.15, -0.1) is 0 Å². The van der Waals surface area contributed by atoms with Crippen LogP contribution in [0, 0.1) is 17.8 Å².